The summed E-state index contributed by atoms with van der Waals surface area (Å²) in [5.41, 5.74) is 0. The molecule has 0 spiro atoms. The fourth-order valence-electron chi connectivity index (χ4n) is 0. The van der Waals surface area contributed by atoms with Crippen LogP contribution in [-0.4, -0.2) is 27.1 Å². The molecule has 0 aliphatic carbocycles. The monoisotopic (exact) mass is 2170 g/mol. The van der Waals surface area contributed by atoms with E-state index in [1.165, 1.54) is 0 Å². The van der Waals surface area contributed by atoms with Gasteiger partial charge in [0.05, 0.1) is 0 Å². The summed E-state index contributed by atoms with van der Waals surface area (Å²) in [5, 5.41) is 0. The number of hydrogen-bond donors (Lipinski definition) is 0. The van der Waals surface area contributed by atoms with E-state index in [0.29, 0.717) is 0 Å². The largest absolute Gasteiger partial charge is 3.00 e. The van der Waals surface area contributed by atoms with E-state index in [0.717, 1.165) is 0 Å². The van der Waals surface area contributed by atoms with Crippen molar-refractivity contribution in [3.63, 3.8) is 0 Å². The van der Waals surface area contributed by atoms with Gasteiger partial charge in [-0.05, 0) is 0 Å². The Morgan fingerprint density at radius 3 is 0.259 bits per heavy atom. The van der Waals surface area contributed by atoms with E-state index in [1.54, 1.807) is 0 Å². The summed E-state index contributed by atoms with van der Waals surface area (Å²) < 4.78 is 0. The maximum Gasteiger partial charge on any atom is 3.00 e. The molecule has 27 heavy (non-hydrogen) atoms. The van der Waals surface area contributed by atoms with Crippen LogP contribution in [0.3, 0.4) is 0 Å². The van der Waals surface area contributed by atoms with Gasteiger partial charge in [0.1, 0.15) is 0 Å². The van der Waals surface area contributed by atoms with Gasteiger partial charge in [-0.25, -0.2) is 0 Å². The van der Waals surface area contributed by atoms with Crippen LogP contribution < -0.4 is 57.5 Å². The fraction of sp³-hybridized carbons (Fsp3) is 0. The van der Waals surface area contributed by atoms with Gasteiger partial charge in [-0.3, -0.25) is 0 Å². The van der Waals surface area contributed by atoms with Gasteiger partial charge in [0.2, 0.25) is 0 Å². The SMILES string of the molecule is [Ce+3].[Ce+3].[Ce+3].[Ce+3].[Lu].[Lu].[Lu].[Lu].[O-][Si]([O-])([O-])[O-].[O-][Si]([O-])([O-])[O-].[O-][Si]([O-])([O-])[O-].[Tb].[Tb].[Tb].[Tb]. The molecule has 12 nitrogen and oxygen atoms in total. The minimum atomic E-state index is -5.61. The van der Waals surface area contributed by atoms with Gasteiger partial charge in [-0.1, -0.05) is 0 Å². The van der Waals surface area contributed by atoms with Crippen molar-refractivity contribution in [1.29, 1.82) is 0 Å². The van der Waals surface area contributed by atoms with Crippen LogP contribution in [0.5, 0.6) is 0 Å². The van der Waals surface area contributed by atoms with Crippen LogP contribution in [0.2, 0.25) is 0 Å². The third-order valence-corrected chi connectivity index (χ3v) is 0. The Hall–Kier alpha value is 15.8. The Kier molecular flexibility index (Phi) is 218. The molecule has 0 amide bonds. The van der Waals surface area contributed by atoms with Crippen molar-refractivity contribution >= 4 is 27.1 Å². The summed E-state index contributed by atoms with van der Waals surface area (Å²) in [6.07, 6.45) is 0. The standard InChI is InChI=1S/4Ce.4Lu.3O4Si.4Tb/c;;;;;;;;3*1-5(2,3)4;;;;/q4*+3;;;;;3*-4;;;;. The molecule has 27 heteroatoms. The molecule has 0 unspecified atom stereocenters. The predicted octanol–water partition coefficient (Wildman–Crippen LogP) is -15.4. The van der Waals surface area contributed by atoms with Crippen LogP contribution in [0.4, 0.5) is 0 Å². The van der Waals surface area contributed by atoms with Crippen molar-refractivity contribution in [3.05, 3.63) is 0 Å². The summed E-state index contributed by atoms with van der Waals surface area (Å²) in [6.45, 7) is 0. The molecule has 0 aliphatic heterocycles. The van der Waals surface area contributed by atoms with Crippen LogP contribution >= 0.6 is 0 Å². The molecule has 0 heterocycles. The molecular weight excluding hydrogens is 2170 g/mol. The van der Waals surface area contributed by atoms with E-state index in [2.05, 4.69) is 0 Å². The first-order chi connectivity index (χ1) is 6.00. The molecule has 0 rings (SSSR count). The Balaban J connectivity index is -0.00000000503. The van der Waals surface area contributed by atoms with Crippen molar-refractivity contribution in [2.75, 3.05) is 0 Å². The molecule has 0 saturated heterocycles. The maximum atomic E-state index is 8.58. The average molecular weight is 2170 g/mol. The zero-order chi connectivity index (χ0) is 13.5. The van der Waals surface area contributed by atoms with E-state index in [1.807, 2.05) is 0 Å². The maximum absolute atomic E-state index is 8.58. The molecule has 0 aromatic rings. The minimum Gasteiger partial charge on any atom is -0.894 e. The molecule has 0 aliphatic rings. The second kappa shape index (κ2) is 60.9. The topological polar surface area (TPSA) is 277 Å². The molecule has 0 bridgehead atoms. The third kappa shape index (κ3) is 266. The van der Waals surface area contributed by atoms with E-state index in [4.69, 9.17) is 57.5 Å². The molecular formula is Ce4Lu4O12Si3Tb4. The first-order valence-corrected chi connectivity index (χ1v) is 7.35. The molecule has 0 aromatic heterocycles. The predicted molar refractivity (Wildman–Crippen MR) is 17.3 cm³/mol. The molecule has 0 N–H and O–H groups in total. The Morgan fingerprint density at radius 1 is 0.259 bits per heavy atom. The van der Waals surface area contributed by atoms with E-state index in [9.17, 15) is 0 Å². The van der Waals surface area contributed by atoms with Gasteiger partial charge < -0.3 is 84.7 Å². The normalized spacial score (nSPS) is 6.67. The average Bonchev–Trinajstić information content (AvgIpc) is 1.41. The molecule has 0 fully saturated rings. The van der Waals surface area contributed by atoms with Gasteiger partial charge in [-0.15, -0.1) is 0 Å². The van der Waals surface area contributed by atoms with Gasteiger partial charge in [0.15, 0.2) is 0 Å². The smallest absolute Gasteiger partial charge is 0.894 e. The Morgan fingerprint density at radius 2 is 0.259 bits per heavy atom. The second-order valence-corrected chi connectivity index (χ2v) is 4.50. The van der Waals surface area contributed by atoms with Crippen molar-refractivity contribution in [3.8, 4) is 0 Å². The van der Waals surface area contributed by atoms with Gasteiger partial charge in [-0.2, -0.15) is 0 Å². The summed E-state index contributed by atoms with van der Waals surface area (Å²) in [6, 6.07) is 0. The minimum absolute atomic E-state index is 0. The van der Waals surface area contributed by atoms with Crippen LogP contribution in [0.1, 0.15) is 0 Å². The van der Waals surface area contributed by atoms with Gasteiger partial charge in [0, 0.05) is 302 Å². The number of rotatable bonds is 0. The van der Waals surface area contributed by atoms with Crippen molar-refractivity contribution in [2.24, 2.45) is 0 Å². The summed E-state index contributed by atoms with van der Waals surface area (Å²) >= 11 is 0. The van der Waals surface area contributed by atoms with Gasteiger partial charge in [0.25, 0.3) is 0 Å². The quantitative estimate of drug-likeness (QED) is 0.205. The van der Waals surface area contributed by atoms with Crippen LogP contribution in [-0.2, 0) is 0 Å². The Labute approximate surface area is 534 Å². The fourth-order valence-corrected chi connectivity index (χ4v) is 0. The van der Waals surface area contributed by atoms with E-state index < -0.39 is 27.1 Å². The van der Waals surface area contributed by atoms with E-state index >= 15 is 0 Å². The van der Waals surface area contributed by atoms with Crippen LogP contribution in [0.15, 0.2) is 0 Å². The van der Waals surface area contributed by atoms with Crippen molar-refractivity contribution in [1.82, 2.24) is 0 Å². The van der Waals surface area contributed by atoms with Crippen molar-refractivity contribution in [2.45, 2.75) is 0 Å². The first kappa shape index (κ1) is 96.8. The zero-order valence-corrected chi connectivity index (χ0v) is 41.5. The second-order valence-electron chi connectivity index (χ2n) is 1.50. The third-order valence-electron chi connectivity index (χ3n) is 0. The molecule has 0 atom stereocenters. The van der Waals surface area contributed by atoms with Crippen LogP contribution in [0, 0.1) is 469 Å². The molecule has 12 radical (unpaired) electrons. The van der Waals surface area contributed by atoms with Crippen molar-refractivity contribution < 1.29 is 526 Å². The Bertz CT molecular complexity index is 132. The molecule has 0 aromatic carbocycles. The summed E-state index contributed by atoms with van der Waals surface area (Å²) in [7, 11) is -16.8. The first-order valence-electron chi connectivity index (χ1n) is 2.45. The van der Waals surface area contributed by atoms with E-state index in [-0.39, 0.29) is 469 Å². The van der Waals surface area contributed by atoms with Gasteiger partial charge >= 0.3 is 167 Å². The molecule has 0 saturated carbocycles. The molecule has 196 valence electrons. The van der Waals surface area contributed by atoms with Crippen LogP contribution in [0.25, 0.3) is 0 Å². The summed E-state index contributed by atoms with van der Waals surface area (Å²) in [5.74, 6) is 0. The zero-order valence-electron chi connectivity index (χ0n) is 10.8. The summed E-state index contributed by atoms with van der Waals surface area (Å²) in [4.78, 5) is 103. The number of hydrogen-bond acceptors (Lipinski definition) is 12.